The Morgan fingerprint density at radius 3 is 2.28 bits per heavy atom. The summed E-state index contributed by atoms with van der Waals surface area (Å²) in [6, 6.07) is 0. The molecule has 1 fully saturated rings. The van der Waals surface area contributed by atoms with Crippen LogP contribution in [0.4, 0.5) is 0 Å². The predicted octanol–water partition coefficient (Wildman–Crippen LogP) is 2.96. The maximum Gasteiger partial charge on any atom is 0.114 e. The molecule has 0 aliphatic carbocycles. The van der Waals surface area contributed by atoms with Crippen molar-refractivity contribution in [3.8, 4) is 0 Å². The van der Waals surface area contributed by atoms with E-state index in [9.17, 15) is 15.3 Å². The van der Waals surface area contributed by atoms with Crippen LogP contribution in [0, 0.1) is 0 Å². The van der Waals surface area contributed by atoms with Crippen molar-refractivity contribution in [1.29, 1.82) is 0 Å². The van der Waals surface area contributed by atoms with E-state index in [4.69, 9.17) is 9.47 Å². The third-order valence-corrected chi connectivity index (χ3v) is 4.72. The highest BCUT2D eigenvalue weighted by Gasteiger charge is 2.39. The fourth-order valence-corrected chi connectivity index (χ4v) is 3.07. The van der Waals surface area contributed by atoms with Crippen molar-refractivity contribution in [2.24, 2.45) is 0 Å². The van der Waals surface area contributed by atoms with E-state index in [0.29, 0.717) is 6.61 Å². The van der Waals surface area contributed by atoms with E-state index in [1.54, 1.807) is 0 Å². The highest BCUT2D eigenvalue weighted by Crippen LogP contribution is 2.19. The van der Waals surface area contributed by atoms with Gasteiger partial charge in [0.05, 0.1) is 13.2 Å². The van der Waals surface area contributed by atoms with Gasteiger partial charge in [-0.15, -0.1) is 0 Å². The Morgan fingerprint density at radius 2 is 1.60 bits per heavy atom. The number of aliphatic hydroxyl groups is 3. The lowest BCUT2D eigenvalue weighted by atomic mass is 10.0. The van der Waals surface area contributed by atoms with Gasteiger partial charge in [-0.05, 0) is 25.7 Å². The van der Waals surface area contributed by atoms with Crippen molar-refractivity contribution >= 4 is 0 Å². The zero-order valence-electron chi connectivity index (χ0n) is 15.8. The number of allylic oxidation sites excluding steroid dienone is 2. The largest absolute Gasteiger partial charge is 0.394 e. The van der Waals surface area contributed by atoms with Crippen LogP contribution in [0.15, 0.2) is 12.2 Å². The van der Waals surface area contributed by atoms with E-state index in [0.717, 1.165) is 12.8 Å². The van der Waals surface area contributed by atoms with Crippen LogP contribution in [0.2, 0.25) is 0 Å². The van der Waals surface area contributed by atoms with E-state index in [2.05, 4.69) is 19.1 Å². The molecule has 25 heavy (non-hydrogen) atoms. The first kappa shape index (κ1) is 22.6. The maximum atomic E-state index is 9.96. The molecule has 0 saturated carbocycles. The van der Waals surface area contributed by atoms with Crippen LogP contribution in [-0.4, -0.2) is 59.6 Å². The Hall–Kier alpha value is -0.460. The maximum absolute atomic E-state index is 9.96. The third kappa shape index (κ3) is 9.71. The highest BCUT2D eigenvalue weighted by molar-refractivity contribution is 4.87. The second-order valence-electron chi connectivity index (χ2n) is 6.97. The monoisotopic (exact) mass is 358 g/mol. The molecule has 0 spiro atoms. The van der Waals surface area contributed by atoms with Gasteiger partial charge in [0.1, 0.15) is 24.4 Å². The van der Waals surface area contributed by atoms with E-state index in [1.165, 1.54) is 51.4 Å². The summed E-state index contributed by atoms with van der Waals surface area (Å²) < 4.78 is 11.0. The molecule has 5 heteroatoms. The predicted molar refractivity (Wildman–Crippen MR) is 99.6 cm³/mol. The number of unbranched alkanes of at least 4 members (excludes halogenated alkanes) is 8. The number of hydrogen-bond donors (Lipinski definition) is 3. The summed E-state index contributed by atoms with van der Waals surface area (Å²) in [7, 11) is 0. The molecule has 0 aromatic carbocycles. The standard InChI is InChI=1S/C20H38O5/c1-2-3-4-5-6-7-8-9-10-11-12-13-14-24-20-18(15-21)25-16-17(22)19(20)23/h5-6,17-23H,2-4,7-16H2,1H3/b6-5+/t17-,18+,19+,20+/m1/s1. The van der Waals surface area contributed by atoms with Crippen LogP contribution >= 0.6 is 0 Å². The molecular weight excluding hydrogens is 320 g/mol. The third-order valence-electron chi connectivity index (χ3n) is 4.72. The van der Waals surface area contributed by atoms with Crippen LogP contribution in [-0.2, 0) is 9.47 Å². The second kappa shape index (κ2) is 14.7. The van der Waals surface area contributed by atoms with E-state index in [1.807, 2.05) is 0 Å². The fraction of sp³-hybridized carbons (Fsp3) is 0.900. The quantitative estimate of drug-likeness (QED) is 0.329. The van der Waals surface area contributed by atoms with Gasteiger partial charge in [0.15, 0.2) is 0 Å². The zero-order chi connectivity index (χ0) is 18.3. The Balaban J connectivity index is 1.96. The first-order valence-electron chi connectivity index (χ1n) is 10.1. The molecule has 0 radical (unpaired) electrons. The van der Waals surface area contributed by atoms with Crippen molar-refractivity contribution in [1.82, 2.24) is 0 Å². The van der Waals surface area contributed by atoms with E-state index in [-0.39, 0.29) is 13.2 Å². The summed E-state index contributed by atoms with van der Waals surface area (Å²) in [6.07, 6.45) is 13.5. The lowest BCUT2D eigenvalue weighted by Crippen LogP contribution is -2.55. The minimum atomic E-state index is -0.990. The smallest absolute Gasteiger partial charge is 0.114 e. The summed E-state index contributed by atoms with van der Waals surface area (Å²) in [5.41, 5.74) is 0. The molecule has 148 valence electrons. The minimum absolute atomic E-state index is 0.0417. The molecule has 0 amide bonds. The van der Waals surface area contributed by atoms with Crippen molar-refractivity contribution in [3.05, 3.63) is 12.2 Å². The minimum Gasteiger partial charge on any atom is -0.394 e. The van der Waals surface area contributed by atoms with Gasteiger partial charge in [-0.3, -0.25) is 0 Å². The van der Waals surface area contributed by atoms with Gasteiger partial charge < -0.3 is 24.8 Å². The SMILES string of the molecule is CCCC/C=C/CCCCCCCCO[C@@H]1[C@@H](O)[C@H](O)CO[C@H]1CO. The Kier molecular flexibility index (Phi) is 13.3. The molecule has 0 bridgehead atoms. The van der Waals surface area contributed by atoms with Crippen LogP contribution < -0.4 is 0 Å². The Labute approximate surface area is 153 Å². The van der Waals surface area contributed by atoms with Gasteiger partial charge in [-0.2, -0.15) is 0 Å². The molecular formula is C20H38O5. The van der Waals surface area contributed by atoms with Gasteiger partial charge in [-0.1, -0.05) is 57.6 Å². The van der Waals surface area contributed by atoms with Gasteiger partial charge in [0.25, 0.3) is 0 Å². The number of rotatable bonds is 14. The molecule has 4 atom stereocenters. The summed E-state index contributed by atoms with van der Waals surface area (Å²) in [6.45, 7) is 2.58. The van der Waals surface area contributed by atoms with Crippen LogP contribution in [0.5, 0.6) is 0 Å². The van der Waals surface area contributed by atoms with Crippen molar-refractivity contribution in [2.75, 3.05) is 19.8 Å². The van der Waals surface area contributed by atoms with Crippen molar-refractivity contribution in [3.63, 3.8) is 0 Å². The first-order chi connectivity index (χ1) is 12.2. The second-order valence-corrected chi connectivity index (χ2v) is 6.97. The summed E-state index contributed by atoms with van der Waals surface area (Å²) in [5.74, 6) is 0. The number of ether oxygens (including phenoxy) is 2. The molecule has 0 aromatic heterocycles. The average molecular weight is 359 g/mol. The topological polar surface area (TPSA) is 79.2 Å². The van der Waals surface area contributed by atoms with Crippen molar-refractivity contribution in [2.45, 2.75) is 95.5 Å². The summed E-state index contributed by atoms with van der Waals surface area (Å²) >= 11 is 0. The number of hydrogen-bond acceptors (Lipinski definition) is 5. The van der Waals surface area contributed by atoms with Crippen LogP contribution in [0.25, 0.3) is 0 Å². The molecule has 0 unspecified atom stereocenters. The summed E-state index contributed by atoms with van der Waals surface area (Å²) in [5, 5.41) is 28.8. The van der Waals surface area contributed by atoms with Crippen LogP contribution in [0.1, 0.15) is 71.1 Å². The normalized spacial score (nSPS) is 27.2. The van der Waals surface area contributed by atoms with Gasteiger partial charge in [0.2, 0.25) is 0 Å². The molecule has 1 aliphatic rings. The van der Waals surface area contributed by atoms with E-state index < -0.39 is 24.4 Å². The van der Waals surface area contributed by atoms with Gasteiger partial charge >= 0.3 is 0 Å². The van der Waals surface area contributed by atoms with E-state index >= 15 is 0 Å². The zero-order valence-corrected chi connectivity index (χ0v) is 15.8. The molecule has 1 heterocycles. The first-order valence-corrected chi connectivity index (χ1v) is 10.1. The molecule has 1 aliphatic heterocycles. The molecule has 0 aromatic rings. The highest BCUT2D eigenvalue weighted by atomic mass is 16.6. The number of aliphatic hydroxyl groups excluding tert-OH is 3. The molecule has 3 N–H and O–H groups in total. The lowest BCUT2D eigenvalue weighted by Gasteiger charge is -2.37. The molecule has 1 saturated heterocycles. The van der Waals surface area contributed by atoms with Gasteiger partial charge in [-0.25, -0.2) is 0 Å². The van der Waals surface area contributed by atoms with Crippen molar-refractivity contribution < 1.29 is 24.8 Å². The van der Waals surface area contributed by atoms with Gasteiger partial charge in [0, 0.05) is 6.61 Å². The Bertz CT molecular complexity index is 332. The van der Waals surface area contributed by atoms with Crippen LogP contribution in [0.3, 0.4) is 0 Å². The Morgan fingerprint density at radius 1 is 0.960 bits per heavy atom. The fourth-order valence-electron chi connectivity index (χ4n) is 3.07. The molecule has 1 rings (SSSR count). The lowest BCUT2D eigenvalue weighted by molar-refractivity contribution is -0.211. The molecule has 5 nitrogen and oxygen atoms in total. The average Bonchev–Trinajstić information content (AvgIpc) is 2.62. The summed E-state index contributed by atoms with van der Waals surface area (Å²) in [4.78, 5) is 0.